The molecule has 258 valence electrons. The number of carbonyl (C=O) groups is 3. The van der Waals surface area contributed by atoms with Gasteiger partial charge < -0.3 is 35.4 Å². The van der Waals surface area contributed by atoms with Gasteiger partial charge in [0, 0.05) is 19.4 Å². The van der Waals surface area contributed by atoms with Crippen LogP contribution in [0.3, 0.4) is 0 Å². The van der Waals surface area contributed by atoms with Crippen LogP contribution in [0, 0.1) is 0 Å². The Balaban J connectivity index is 2.84. The predicted octanol–water partition coefficient (Wildman–Crippen LogP) is 5.45. The SMILES string of the molecule is CCCCCCCCCCCCN(C(=O)CCCCCCCCCCC)[C@@H]1O[C@H](CO)[C@H](O)[C@H](O)[C@@H]1NC(=O)CCC(=O)O. The summed E-state index contributed by atoms with van der Waals surface area (Å²) in [5.74, 6) is -1.90. The minimum Gasteiger partial charge on any atom is -0.481 e. The second-order valence-corrected chi connectivity index (χ2v) is 12.6. The number of carbonyl (C=O) groups excluding carboxylic acids is 2. The lowest BCUT2D eigenvalue weighted by atomic mass is 9.94. The van der Waals surface area contributed by atoms with Gasteiger partial charge in [-0.2, -0.15) is 0 Å². The second kappa shape index (κ2) is 25.4. The van der Waals surface area contributed by atoms with E-state index in [4.69, 9.17) is 9.84 Å². The first-order valence-corrected chi connectivity index (χ1v) is 17.7. The third-order valence-corrected chi connectivity index (χ3v) is 8.67. The van der Waals surface area contributed by atoms with Crippen molar-refractivity contribution in [2.45, 2.75) is 186 Å². The Hall–Kier alpha value is -1.75. The summed E-state index contributed by atoms with van der Waals surface area (Å²) in [6.45, 7) is 4.22. The van der Waals surface area contributed by atoms with E-state index < -0.39 is 49.1 Å². The molecule has 1 saturated heterocycles. The smallest absolute Gasteiger partial charge is 0.303 e. The lowest BCUT2D eigenvalue weighted by Crippen LogP contribution is -2.68. The summed E-state index contributed by atoms with van der Waals surface area (Å²) < 4.78 is 5.99. The van der Waals surface area contributed by atoms with Gasteiger partial charge in [-0.15, -0.1) is 0 Å². The third-order valence-electron chi connectivity index (χ3n) is 8.67. The van der Waals surface area contributed by atoms with Crippen LogP contribution in [0.5, 0.6) is 0 Å². The number of ether oxygens (including phenoxy) is 1. The highest BCUT2D eigenvalue weighted by molar-refractivity contribution is 5.81. The van der Waals surface area contributed by atoms with E-state index in [1.54, 1.807) is 4.90 Å². The number of unbranched alkanes of at least 4 members (excludes halogenated alkanes) is 17. The molecule has 10 heteroatoms. The van der Waals surface area contributed by atoms with E-state index in [0.717, 1.165) is 51.4 Å². The summed E-state index contributed by atoms with van der Waals surface area (Å²) in [7, 11) is 0. The predicted molar refractivity (Wildman–Crippen MR) is 172 cm³/mol. The summed E-state index contributed by atoms with van der Waals surface area (Å²) in [6, 6.07) is -1.16. The van der Waals surface area contributed by atoms with Crippen LogP contribution in [-0.2, 0) is 19.1 Å². The molecule has 0 unspecified atom stereocenters. The van der Waals surface area contributed by atoms with Crippen molar-refractivity contribution in [1.29, 1.82) is 0 Å². The van der Waals surface area contributed by atoms with E-state index in [1.165, 1.54) is 70.6 Å². The van der Waals surface area contributed by atoms with E-state index in [1.807, 2.05) is 0 Å². The first kappa shape index (κ1) is 40.3. The van der Waals surface area contributed by atoms with Crippen LogP contribution in [0.4, 0.5) is 0 Å². The van der Waals surface area contributed by atoms with Gasteiger partial charge in [0.1, 0.15) is 24.4 Å². The molecule has 0 aromatic rings. The standard InChI is InChI=1S/C34H64N2O8/c1-3-5-7-9-11-13-15-17-19-21-25-36(29(39)22-20-18-16-14-12-10-8-6-4-2)34-31(35-28(38)23-24-30(40)41)33(43)32(42)27(26-37)44-34/h27,31-34,37,42-43H,3-26H2,1-2H3,(H,35,38)(H,40,41)/t27-,31+,32+,33-,34-/m1/s1. The average molecular weight is 629 g/mol. The molecule has 5 atom stereocenters. The summed E-state index contributed by atoms with van der Waals surface area (Å²) in [5.41, 5.74) is 0. The Morgan fingerprint density at radius 3 is 1.61 bits per heavy atom. The van der Waals surface area contributed by atoms with Crippen molar-refractivity contribution in [3.8, 4) is 0 Å². The molecule has 0 spiro atoms. The number of aliphatic hydroxyl groups excluding tert-OH is 3. The summed E-state index contributed by atoms with van der Waals surface area (Å²) >= 11 is 0. The van der Waals surface area contributed by atoms with Gasteiger partial charge in [0.2, 0.25) is 11.8 Å². The number of aliphatic carboxylic acids is 1. The molecule has 44 heavy (non-hydrogen) atoms. The van der Waals surface area contributed by atoms with Crippen LogP contribution in [0.2, 0.25) is 0 Å². The monoisotopic (exact) mass is 628 g/mol. The zero-order valence-electron chi connectivity index (χ0n) is 27.7. The fourth-order valence-corrected chi connectivity index (χ4v) is 5.89. The molecule has 0 aliphatic carbocycles. The molecule has 1 aliphatic heterocycles. The van der Waals surface area contributed by atoms with Crippen LogP contribution in [0.25, 0.3) is 0 Å². The molecule has 10 nitrogen and oxygen atoms in total. The van der Waals surface area contributed by atoms with Crippen LogP contribution < -0.4 is 5.32 Å². The summed E-state index contributed by atoms with van der Waals surface area (Å²) in [4.78, 5) is 38.7. The topological polar surface area (TPSA) is 157 Å². The van der Waals surface area contributed by atoms with Gasteiger partial charge in [0.15, 0.2) is 6.23 Å². The molecule has 1 heterocycles. The van der Waals surface area contributed by atoms with E-state index in [0.29, 0.717) is 13.0 Å². The van der Waals surface area contributed by atoms with Gasteiger partial charge >= 0.3 is 5.97 Å². The second-order valence-electron chi connectivity index (χ2n) is 12.6. The third kappa shape index (κ3) is 17.1. The maximum atomic E-state index is 13.6. The van der Waals surface area contributed by atoms with E-state index >= 15 is 0 Å². The molecule has 0 aromatic carbocycles. The van der Waals surface area contributed by atoms with Crippen LogP contribution in [0.15, 0.2) is 0 Å². The van der Waals surface area contributed by atoms with Crippen molar-refractivity contribution < 1.29 is 39.5 Å². The highest BCUT2D eigenvalue weighted by atomic mass is 16.5. The molecular formula is C34H64N2O8. The van der Waals surface area contributed by atoms with Crippen molar-refractivity contribution in [2.75, 3.05) is 13.2 Å². The summed E-state index contributed by atoms with van der Waals surface area (Å²) in [5, 5.41) is 42.9. The van der Waals surface area contributed by atoms with Crippen LogP contribution in [0.1, 0.15) is 155 Å². The van der Waals surface area contributed by atoms with E-state index in [-0.39, 0.29) is 18.7 Å². The molecule has 0 bridgehead atoms. The van der Waals surface area contributed by atoms with Crippen molar-refractivity contribution in [3.63, 3.8) is 0 Å². The number of nitrogens with zero attached hydrogens (tertiary/aromatic N) is 1. The number of nitrogens with one attached hydrogen (secondary N) is 1. The number of hydrogen-bond acceptors (Lipinski definition) is 7. The fraction of sp³-hybridized carbons (Fsp3) is 0.912. The maximum Gasteiger partial charge on any atom is 0.303 e. The van der Waals surface area contributed by atoms with Crippen LogP contribution in [-0.4, -0.2) is 86.8 Å². The first-order chi connectivity index (χ1) is 21.3. The van der Waals surface area contributed by atoms with Crippen molar-refractivity contribution in [3.05, 3.63) is 0 Å². The van der Waals surface area contributed by atoms with Gasteiger partial charge in [0.05, 0.1) is 13.0 Å². The Bertz CT molecular complexity index is 768. The fourth-order valence-electron chi connectivity index (χ4n) is 5.89. The largest absolute Gasteiger partial charge is 0.481 e. The number of amides is 2. The van der Waals surface area contributed by atoms with Gasteiger partial charge in [-0.3, -0.25) is 14.4 Å². The molecule has 0 radical (unpaired) electrons. The zero-order valence-corrected chi connectivity index (χ0v) is 27.7. The number of hydrogen-bond donors (Lipinski definition) is 5. The molecule has 2 amide bonds. The molecule has 1 rings (SSSR count). The quantitative estimate of drug-likeness (QED) is 0.0753. The first-order valence-electron chi connectivity index (χ1n) is 17.7. The summed E-state index contributed by atoms with van der Waals surface area (Å²) in [6.07, 6.45) is 15.9. The number of aliphatic hydroxyl groups is 3. The van der Waals surface area contributed by atoms with Crippen molar-refractivity contribution in [2.24, 2.45) is 0 Å². The van der Waals surface area contributed by atoms with E-state index in [9.17, 15) is 29.7 Å². The minimum absolute atomic E-state index is 0.154. The molecule has 0 saturated carbocycles. The van der Waals surface area contributed by atoms with Crippen molar-refractivity contribution in [1.82, 2.24) is 10.2 Å². The maximum absolute atomic E-state index is 13.6. The molecule has 0 aromatic heterocycles. The molecule has 1 aliphatic rings. The molecular weight excluding hydrogens is 564 g/mol. The number of carboxylic acids is 1. The van der Waals surface area contributed by atoms with Gasteiger partial charge in [0.25, 0.3) is 0 Å². The van der Waals surface area contributed by atoms with Gasteiger partial charge in [-0.25, -0.2) is 0 Å². The van der Waals surface area contributed by atoms with Gasteiger partial charge in [-0.05, 0) is 12.8 Å². The Morgan fingerprint density at radius 2 is 1.14 bits per heavy atom. The lowest BCUT2D eigenvalue weighted by molar-refractivity contribution is -0.231. The number of rotatable bonds is 27. The lowest BCUT2D eigenvalue weighted by Gasteiger charge is -2.47. The average Bonchev–Trinajstić information content (AvgIpc) is 3.00. The van der Waals surface area contributed by atoms with E-state index in [2.05, 4.69) is 19.2 Å². The normalized spacial score (nSPS) is 21.7. The Kier molecular flexibility index (Phi) is 23.3. The number of carboxylic acid groups (broad SMARTS) is 1. The molecule has 5 N–H and O–H groups in total. The van der Waals surface area contributed by atoms with Crippen molar-refractivity contribution >= 4 is 17.8 Å². The highest BCUT2D eigenvalue weighted by Gasteiger charge is 2.48. The Labute approximate surface area is 266 Å². The van der Waals surface area contributed by atoms with Gasteiger partial charge in [-0.1, -0.05) is 123 Å². The Morgan fingerprint density at radius 1 is 0.659 bits per heavy atom. The molecule has 1 fully saturated rings. The minimum atomic E-state index is -1.50. The highest BCUT2D eigenvalue weighted by Crippen LogP contribution is 2.26. The van der Waals surface area contributed by atoms with Crippen LogP contribution >= 0.6 is 0 Å². The zero-order chi connectivity index (χ0) is 32.6.